The quantitative estimate of drug-likeness (QED) is 0.248. The van der Waals surface area contributed by atoms with E-state index in [1.165, 1.54) is 0 Å². The average Bonchev–Trinajstić information content (AvgIpc) is 2.29. The van der Waals surface area contributed by atoms with Gasteiger partial charge in [-0.1, -0.05) is 0 Å². The van der Waals surface area contributed by atoms with E-state index in [4.69, 9.17) is 19.6 Å². The van der Waals surface area contributed by atoms with Crippen LogP contribution in [0.4, 0.5) is 0 Å². The molecule has 0 heterocycles. The predicted octanol–water partition coefficient (Wildman–Crippen LogP) is -2.95. The smallest absolute Gasteiger partial charge is 0.387 e. The molecule has 0 bridgehead atoms. The third-order valence-electron chi connectivity index (χ3n) is 2.81. The summed E-state index contributed by atoms with van der Waals surface area (Å²) in [6.07, 6.45) is -11.5. The average molecular weight is 354 g/mol. The van der Waals surface area contributed by atoms with Crippen molar-refractivity contribution in [3.63, 3.8) is 0 Å². The maximum Gasteiger partial charge on any atom is 0.470 e. The largest absolute Gasteiger partial charge is 0.470 e. The second kappa shape index (κ2) is 6.67. The van der Waals surface area contributed by atoms with Crippen LogP contribution in [0, 0.1) is 0 Å². The second-order valence-corrected chi connectivity index (χ2v) is 6.68. The van der Waals surface area contributed by atoms with Gasteiger partial charge in [0.05, 0.1) is 0 Å². The van der Waals surface area contributed by atoms with Gasteiger partial charge >= 0.3 is 15.6 Å². The minimum Gasteiger partial charge on any atom is -0.387 e. The Kier molecular flexibility index (Phi) is 6.07. The van der Waals surface area contributed by atoms with Gasteiger partial charge in [0.25, 0.3) is 0 Å². The van der Waals surface area contributed by atoms with Crippen LogP contribution in [0.25, 0.3) is 0 Å². The number of aliphatic hydroxyl groups excluding tert-OH is 3. The molecule has 1 fully saturated rings. The number of ether oxygens (including phenoxy) is 1. The molecule has 4 unspecified atom stereocenters. The summed E-state index contributed by atoms with van der Waals surface area (Å²) in [5.74, 6) is 0. The first-order valence-corrected chi connectivity index (χ1v) is 8.48. The third-order valence-corrected chi connectivity index (χ3v) is 3.85. The van der Waals surface area contributed by atoms with Crippen LogP contribution in [0.1, 0.15) is 0 Å². The fraction of sp³-hybridized carbons (Fsp3) is 1.00. The Morgan fingerprint density at radius 1 is 0.714 bits per heavy atom. The van der Waals surface area contributed by atoms with E-state index in [0.29, 0.717) is 0 Å². The first-order chi connectivity index (χ1) is 9.37. The van der Waals surface area contributed by atoms with Crippen molar-refractivity contribution in [1.29, 1.82) is 0 Å². The van der Waals surface area contributed by atoms with Gasteiger partial charge in [0, 0.05) is 7.11 Å². The van der Waals surface area contributed by atoms with Crippen LogP contribution in [-0.4, -0.2) is 78.6 Å². The van der Waals surface area contributed by atoms with Crippen LogP contribution in [0.3, 0.4) is 0 Å². The van der Waals surface area contributed by atoms with Crippen molar-refractivity contribution in [3.8, 4) is 0 Å². The van der Waals surface area contributed by atoms with Gasteiger partial charge in [-0.3, -0.25) is 9.05 Å². The Balaban J connectivity index is 3.09. The Labute approximate surface area is 118 Å². The molecular formula is C7H16O12P2. The first kappa shape index (κ1) is 19.1. The minimum atomic E-state index is -5.15. The minimum absolute atomic E-state index is 1.01. The molecule has 0 aromatic carbocycles. The predicted molar refractivity (Wildman–Crippen MR) is 62.7 cm³/mol. The Morgan fingerprint density at radius 2 is 1.00 bits per heavy atom. The molecule has 0 spiro atoms. The SMILES string of the molecule is COC1C(O)[C@H](OP(=O)(O)O)C(O)C(OP(=O)(O)O)[C@@H]1O. The molecule has 14 heteroatoms. The van der Waals surface area contributed by atoms with E-state index in [-0.39, 0.29) is 0 Å². The molecule has 0 amide bonds. The number of phosphoric acid groups is 2. The summed E-state index contributed by atoms with van der Waals surface area (Å²) >= 11 is 0. The maximum absolute atomic E-state index is 10.8. The maximum atomic E-state index is 10.8. The summed E-state index contributed by atoms with van der Waals surface area (Å²) in [5, 5.41) is 29.4. The van der Waals surface area contributed by atoms with Crippen LogP contribution in [0.2, 0.25) is 0 Å². The van der Waals surface area contributed by atoms with Gasteiger partial charge in [-0.2, -0.15) is 0 Å². The molecule has 1 rings (SSSR count). The molecule has 1 aliphatic rings. The number of methoxy groups -OCH3 is 1. The highest BCUT2D eigenvalue weighted by Crippen LogP contribution is 2.45. The molecule has 0 aromatic heterocycles. The van der Waals surface area contributed by atoms with Crippen molar-refractivity contribution in [2.45, 2.75) is 36.6 Å². The molecule has 1 aliphatic carbocycles. The highest BCUT2D eigenvalue weighted by atomic mass is 31.2. The number of phosphoric ester groups is 2. The normalized spacial score (nSPS) is 38.5. The van der Waals surface area contributed by atoms with E-state index < -0.39 is 52.3 Å². The zero-order chi connectivity index (χ0) is 16.6. The van der Waals surface area contributed by atoms with Crippen LogP contribution in [0.5, 0.6) is 0 Å². The van der Waals surface area contributed by atoms with E-state index >= 15 is 0 Å². The molecule has 12 nitrogen and oxygen atoms in total. The zero-order valence-electron chi connectivity index (χ0n) is 10.5. The Hall–Kier alpha value is 0.0600. The standard InChI is InChI=1S/C7H16O12P2/c1-17-5-2(8)6(18-20(11,12)13)4(10)7(3(5)9)19-21(14,15)16/h2-10H,1H3,(H2,11,12,13)(H2,14,15,16)/t2-,3?,4?,5?,6?,7+/m1/s1. The summed E-state index contributed by atoms with van der Waals surface area (Å²) in [7, 11) is -9.29. The third kappa shape index (κ3) is 5.03. The number of hydrogen-bond donors (Lipinski definition) is 7. The van der Waals surface area contributed by atoms with Crippen molar-refractivity contribution < 1.29 is 57.8 Å². The van der Waals surface area contributed by atoms with Crippen molar-refractivity contribution >= 4 is 15.6 Å². The molecule has 0 aliphatic heterocycles. The van der Waals surface area contributed by atoms with E-state index in [9.17, 15) is 24.4 Å². The lowest BCUT2D eigenvalue weighted by atomic mass is 9.85. The summed E-state index contributed by atoms with van der Waals surface area (Å²) in [6.45, 7) is 0. The number of hydrogen-bond acceptors (Lipinski definition) is 8. The monoisotopic (exact) mass is 354 g/mol. The van der Waals surface area contributed by atoms with Gasteiger partial charge in [-0.15, -0.1) is 0 Å². The van der Waals surface area contributed by atoms with Gasteiger partial charge in [0.1, 0.15) is 36.6 Å². The van der Waals surface area contributed by atoms with Crippen LogP contribution in [0.15, 0.2) is 0 Å². The number of rotatable bonds is 5. The first-order valence-electron chi connectivity index (χ1n) is 5.42. The molecule has 21 heavy (non-hydrogen) atoms. The highest BCUT2D eigenvalue weighted by molar-refractivity contribution is 7.46. The van der Waals surface area contributed by atoms with Gasteiger partial charge in [-0.05, 0) is 0 Å². The van der Waals surface area contributed by atoms with Gasteiger partial charge in [0.15, 0.2) is 0 Å². The molecule has 6 atom stereocenters. The van der Waals surface area contributed by atoms with Crippen molar-refractivity contribution in [2.24, 2.45) is 0 Å². The van der Waals surface area contributed by atoms with Crippen molar-refractivity contribution in [1.82, 2.24) is 0 Å². The van der Waals surface area contributed by atoms with Gasteiger partial charge < -0.3 is 39.6 Å². The zero-order valence-corrected chi connectivity index (χ0v) is 12.3. The van der Waals surface area contributed by atoms with E-state index in [1.54, 1.807) is 0 Å². The van der Waals surface area contributed by atoms with E-state index in [0.717, 1.165) is 7.11 Å². The number of aliphatic hydroxyl groups is 3. The summed E-state index contributed by atoms with van der Waals surface area (Å²) in [5.41, 5.74) is 0. The lowest BCUT2D eigenvalue weighted by molar-refractivity contribution is -0.222. The summed E-state index contributed by atoms with van der Waals surface area (Å²) in [6, 6.07) is 0. The molecule has 7 N–H and O–H groups in total. The lowest BCUT2D eigenvalue weighted by Gasteiger charge is -2.44. The van der Waals surface area contributed by atoms with E-state index in [1.807, 2.05) is 0 Å². The van der Waals surface area contributed by atoms with E-state index in [2.05, 4.69) is 13.8 Å². The molecule has 0 radical (unpaired) electrons. The van der Waals surface area contributed by atoms with Crippen molar-refractivity contribution in [3.05, 3.63) is 0 Å². The fourth-order valence-electron chi connectivity index (χ4n) is 2.01. The second-order valence-electron chi connectivity index (χ2n) is 4.29. The lowest BCUT2D eigenvalue weighted by Crippen LogP contribution is -2.65. The van der Waals surface area contributed by atoms with Crippen LogP contribution >= 0.6 is 15.6 Å². The van der Waals surface area contributed by atoms with Gasteiger partial charge in [-0.25, -0.2) is 9.13 Å². The van der Waals surface area contributed by atoms with Crippen LogP contribution in [-0.2, 0) is 22.9 Å². The Morgan fingerprint density at radius 3 is 1.24 bits per heavy atom. The van der Waals surface area contributed by atoms with Crippen molar-refractivity contribution in [2.75, 3.05) is 7.11 Å². The van der Waals surface area contributed by atoms with Crippen LogP contribution < -0.4 is 0 Å². The molecular weight excluding hydrogens is 338 g/mol. The fourth-order valence-corrected chi connectivity index (χ4v) is 3.15. The molecule has 0 saturated heterocycles. The highest BCUT2D eigenvalue weighted by Gasteiger charge is 2.54. The molecule has 1 saturated carbocycles. The summed E-state index contributed by atoms with van der Waals surface area (Å²) in [4.78, 5) is 34.9. The Bertz CT molecular complexity index is 405. The molecule has 0 aromatic rings. The summed E-state index contributed by atoms with van der Waals surface area (Å²) < 4.78 is 34.6. The topological polar surface area (TPSA) is 203 Å². The molecule has 126 valence electrons. The van der Waals surface area contributed by atoms with Gasteiger partial charge in [0.2, 0.25) is 0 Å².